The molecule has 0 spiro atoms. The average Bonchev–Trinajstić information content (AvgIpc) is 2.77. The summed E-state index contributed by atoms with van der Waals surface area (Å²) < 4.78 is 0. The molecule has 1 aliphatic heterocycles. The van der Waals surface area contributed by atoms with Gasteiger partial charge in [0.05, 0.1) is 0 Å². The Morgan fingerprint density at radius 3 is 2.33 bits per heavy atom. The second-order valence-electron chi connectivity index (χ2n) is 6.39. The monoisotopic (exact) mass is 331 g/mol. The molecule has 4 amide bonds. The van der Waals surface area contributed by atoms with E-state index in [0.29, 0.717) is 5.56 Å². The van der Waals surface area contributed by atoms with E-state index in [1.807, 2.05) is 45.0 Å². The fourth-order valence-electron chi connectivity index (χ4n) is 2.83. The summed E-state index contributed by atoms with van der Waals surface area (Å²) in [7, 11) is 0. The fraction of sp³-hybridized carbons (Fsp3) is 0.500. The molecule has 2 N–H and O–H groups in total. The van der Waals surface area contributed by atoms with Crippen LogP contribution in [-0.2, 0) is 15.1 Å². The number of carbonyl (C=O) groups is 3. The van der Waals surface area contributed by atoms with Crippen LogP contribution in [0.1, 0.15) is 44.7 Å². The van der Waals surface area contributed by atoms with Crippen LogP contribution >= 0.6 is 0 Å². The van der Waals surface area contributed by atoms with Crippen molar-refractivity contribution < 1.29 is 14.4 Å². The SMILES string of the molecule is CCC(CC)NC(=O)CN1C(=O)NC(C)(c2ccc(C)cc2)C1=O. The average molecular weight is 331 g/mol. The predicted molar refractivity (Wildman–Crippen MR) is 91.3 cm³/mol. The highest BCUT2D eigenvalue weighted by Gasteiger charge is 2.49. The zero-order valence-electron chi connectivity index (χ0n) is 14.7. The Labute approximate surface area is 142 Å². The minimum atomic E-state index is -1.14. The molecule has 0 aromatic heterocycles. The molecule has 1 aliphatic rings. The molecule has 6 nitrogen and oxygen atoms in total. The number of imide groups is 1. The molecular formula is C18H25N3O3. The van der Waals surface area contributed by atoms with Crippen LogP contribution in [-0.4, -0.2) is 35.3 Å². The molecule has 0 saturated carbocycles. The third-order valence-electron chi connectivity index (χ3n) is 4.56. The van der Waals surface area contributed by atoms with Crippen molar-refractivity contribution >= 4 is 17.8 Å². The predicted octanol–water partition coefficient (Wildman–Crippen LogP) is 2.07. The van der Waals surface area contributed by atoms with Gasteiger partial charge in [0.15, 0.2) is 0 Å². The first-order valence-corrected chi connectivity index (χ1v) is 8.32. The largest absolute Gasteiger partial charge is 0.352 e. The lowest BCUT2D eigenvalue weighted by molar-refractivity contribution is -0.135. The molecule has 1 fully saturated rings. The summed E-state index contributed by atoms with van der Waals surface area (Å²) in [6.07, 6.45) is 1.62. The maximum atomic E-state index is 12.7. The van der Waals surface area contributed by atoms with Gasteiger partial charge in [-0.25, -0.2) is 4.79 Å². The van der Waals surface area contributed by atoms with Crippen LogP contribution in [0, 0.1) is 6.92 Å². The maximum absolute atomic E-state index is 12.7. The molecule has 1 heterocycles. The standard InChI is InChI=1S/C18H25N3O3/c1-5-14(6-2)19-15(22)11-21-16(23)18(4,20-17(21)24)13-9-7-12(3)8-10-13/h7-10,14H,5-6,11H2,1-4H3,(H,19,22)(H,20,24). The summed E-state index contributed by atoms with van der Waals surface area (Å²) in [6.45, 7) is 7.32. The number of benzene rings is 1. The van der Waals surface area contributed by atoms with E-state index < -0.39 is 17.5 Å². The highest BCUT2D eigenvalue weighted by Crippen LogP contribution is 2.28. The van der Waals surface area contributed by atoms with Crippen LogP contribution in [0.25, 0.3) is 0 Å². The van der Waals surface area contributed by atoms with Crippen molar-refractivity contribution in [1.82, 2.24) is 15.5 Å². The lowest BCUT2D eigenvalue weighted by Crippen LogP contribution is -2.45. The lowest BCUT2D eigenvalue weighted by Gasteiger charge is -2.22. The molecule has 1 aromatic rings. The molecule has 130 valence electrons. The van der Waals surface area contributed by atoms with E-state index in [9.17, 15) is 14.4 Å². The van der Waals surface area contributed by atoms with Gasteiger partial charge in [-0.3, -0.25) is 14.5 Å². The number of nitrogens with one attached hydrogen (secondary N) is 2. The Hall–Kier alpha value is -2.37. The highest BCUT2D eigenvalue weighted by atomic mass is 16.2. The van der Waals surface area contributed by atoms with Gasteiger partial charge >= 0.3 is 6.03 Å². The third-order valence-corrected chi connectivity index (χ3v) is 4.56. The third kappa shape index (κ3) is 3.42. The fourth-order valence-corrected chi connectivity index (χ4v) is 2.83. The molecule has 1 unspecified atom stereocenters. The zero-order chi connectivity index (χ0) is 17.9. The quantitative estimate of drug-likeness (QED) is 0.783. The van der Waals surface area contributed by atoms with E-state index in [1.165, 1.54) is 0 Å². The molecule has 0 aliphatic carbocycles. The second-order valence-corrected chi connectivity index (χ2v) is 6.39. The molecule has 1 saturated heterocycles. The van der Waals surface area contributed by atoms with Gasteiger partial charge in [0.1, 0.15) is 12.1 Å². The maximum Gasteiger partial charge on any atom is 0.325 e. The molecule has 0 radical (unpaired) electrons. The Kier molecular flexibility index (Phi) is 5.26. The number of hydrogen-bond donors (Lipinski definition) is 2. The first-order chi connectivity index (χ1) is 11.3. The van der Waals surface area contributed by atoms with Gasteiger partial charge in [-0.05, 0) is 32.3 Å². The molecule has 6 heteroatoms. The van der Waals surface area contributed by atoms with Crippen molar-refractivity contribution in [2.75, 3.05) is 6.54 Å². The Balaban J connectivity index is 2.14. The highest BCUT2D eigenvalue weighted by molar-refractivity contribution is 6.09. The van der Waals surface area contributed by atoms with E-state index in [-0.39, 0.29) is 18.5 Å². The smallest absolute Gasteiger partial charge is 0.325 e. The molecule has 24 heavy (non-hydrogen) atoms. The van der Waals surface area contributed by atoms with E-state index in [2.05, 4.69) is 10.6 Å². The normalized spacial score (nSPS) is 20.5. The molecular weight excluding hydrogens is 306 g/mol. The molecule has 1 aromatic carbocycles. The van der Waals surface area contributed by atoms with E-state index in [4.69, 9.17) is 0 Å². The van der Waals surface area contributed by atoms with Crippen molar-refractivity contribution in [3.8, 4) is 0 Å². The van der Waals surface area contributed by atoms with Crippen LogP contribution in [0.5, 0.6) is 0 Å². The summed E-state index contributed by atoms with van der Waals surface area (Å²) in [4.78, 5) is 38.1. The lowest BCUT2D eigenvalue weighted by atomic mass is 9.91. The van der Waals surface area contributed by atoms with Gasteiger partial charge in [0, 0.05) is 6.04 Å². The Morgan fingerprint density at radius 1 is 1.21 bits per heavy atom. The van der Waals surface area contributed by atoms with Crippen molar-refractivity contribution in [2.24, 2.45) is 0 Å². The van der Waals surface area contributed by atoms with Gasteiger partial charge in [-0.1, -0.05) is 43.7 Å². The van der Waals surface area contributed by atoms with E-state index in [1.54, 1.807) is 6.92 Å². The minimum Gasteiger partial charge on any atom is -0.352 e. The summed E-state index contributed by atoms with van der Waals surface area (Å²) in [5.41, 5.74) is 0.634. The van der Waals surface area contributed by atoms with Crippen molar-refractivity contribution in [3.63, 3.8) is 0 Å². The van der Waals surface area contributed by atoms with Crippen LogP contribution < -0.4 is 10.6 Å². The van der Waals surface area contributed by atoms with Gasteiger partial charge in [-0.15, -0.1) is 0 Å². The molecule has 2 rings (SSSR count). The molecule has 1 atom stereocenters. The van der Waals surface area contributed by atoms with Gasteiger partial charge in [-0.2, -0.15) is 0 Å². The first kappa shape index (κ1) is 18.0. The Morgan fingerprint density at radius 2 is 1.79 bits per heavy atom. The summed E-state index contributed by atoms with van der Waals surface area (Å²) >= 11 is 0. The number of amides is 4. The molecule has 0 bridgehead atoms. The zero-order valence-corrected chi connectivity index (χ0v) is 14.7. The van der Waals surface area contributed by atoms with Crippen LogP contribution in [0.3, 0.4) is 0 Å². The van der Waals surface area contributed by atoms with Crippen LogP contribution in [0.15, 0.2) is 24.3 Å². The Bertz CT molecular complexity index is 637. The van der Waals surface area contributed by atoms with E-state index >= 15 is 0 Å². The topological polar surface area (TPSA) is 78.5 Å². The van der Waals surface area contributed by atoms with Crippen LogP contribution in [0.2, 0.25) is 0 Å². The number of hydrogen-bond acceptors (Lipinski definition) is 3. The number of rotatable bonds is 6. The van der Waals surface area contributed by atoms with Gasteiger partial charge in [0.25, 0.3) is 5.91 Å². The van der Waals surface area contributed by atoms with Crippen molar-refractivity contribution in [2.45, 2.75) is 52.1 Å². The van der Waals surface area contributed by atoms with Gasteiger partial charge in [0.2, 0.25) is 5.91 Å². The minimum absolute atomic E-state index is 0.0572. The number of nitrogens with zero attached hydrogens (tertiary/aromatic N) is 1. The number of carbonyl (C=O) groups excluding carboxylic acids is 3. The summed E-state index contributed by atoms with van der Waals surface area (Å²) in [5.74, 6) is -0.726. The van der Waals surface area contributed by atoms with E-state index in [0.717, 1.165) is 23.3 Å². The first-order valence-electron chi connectivity index (χ1n) is 8.32. The summed E-state index contributed by atoms with van der Waals surface area (Å²) in [6, 6.07) is 6.94. The van der Waals surface area contributed by atoms with Gasteiger partial charge < -0.3 is 10.6 Å². The number of urea groups is 1. The van der Waals surface area contributed by atoms with Crippen LogP contribution in [0.4, 0.5) is 4.79 Å². The van der Waals surface area contributed by atoms with Crippen molar-refractivity contribution in [1.29, 1.82) is 0 Å². The summed E-state index contributed by atoms with van der Waals surface area (Å²) in [5, 5.41) is 5.56. The number of aryl methyl sites for hydroxylation is 1. The van der Waals surface area contributed by atoms with Crippen molar-refractivity contribution in [3.05, 3.63) is 35.4 Å². The second kappa shape index (κ2) is 7.03.